The van der Waals surface area contributed by atoms with Crippen LogP contribution in [0.25, 0.3) is 0 Å². The maximum absolute atomic E-state index is 13.1. The second kappa shape index (κ2) is 7.29. The number of hydrogen-bond acceptors (Lipinski definition) is 3. The van der Waals surface area contributed by atoms with Gasteiger partial charge in [0.1, 0.15) is 6.26 Å². The van der Waals surface area contributed by atoms with Crippen LogP contribution in [-0.4, -0.2) is 29.1 Å². The second-order valence-corrected chi connectivity index (χ2v) is 6.34. The van der Waals surface area contributed by atoms with Gasteiger partial charge in [0.05, 0.1) is 5.56 Å². The van der Waals surface area contributed by atoms with Gasteiger partial charge >= 0.3 is 6.18 Å². The topological polar surface area (TPSA) is 46.3 Å². The molecular weight excluding hydrogens is 333 g/mol. The van der Waals surface area contributed by atoms with E-state index in [1.165, 1.54) is 24.5 Å². The summed E-state index contributed by atoms with van der Waals surface area (Å²) < 4.78 is 43.9. The van der Waals surface area contributed by atoms with Gasteiger partial charge in [0, 0.05) is 19.2 Å². The third-order valence-electron chi connectivity index (χ3n) is 4.61. The van der Waals surface area contributed by atoms with Gasteiger partial charge < -0.3 is 9.42 Å². The minimum atomic E-state index is -4.34. The summed E-state index contributed by atoms with van der Waals surface area (Å²) in [7, 11) is 0. The molecule has 3 rings (SSSR count). The van der Waals surface area contributed by atoms with E-state index >= 15 is 0 Å². The number of hydrogen-bond donors (Lipinski definition) is 0. The zero-order chi connectivity index (χ0) is 17.9. The van der Waals surface area contributed by atoms with Crippen LogP contribution in [0.1, 0.15) is 40.9 Å². The van der Waals surface area contributed by atoms with Crippen molar-refractivity contribution in [3.05, 3.63) is 53.4 Å². The first-order valence-electron chi connectivity index (χ1n) is 8.30. The lowest BCUT2D eigenvalue weighted by Gasteiger charge is -2.32. The molecule has 1 aliphatic heterocycles. The number of halogens is 3. The van der Waals surface area contributed by atoms with Crippen LogP contribution in [0.4, 0.5) is 13.2 Å². The number of amides is 1. The number of alkyl halides is 3. The Morgan fingerprint density at radius 2 is 2.08 bits per heavy atom. The van der Waals surface area contributed by atoms with E-state index in [0.29, 0.717) is 31.5 Å². The lowest BCUT2D eigenvalue weighted by Crippen LogP contribution is -2.40. The molecule has 0 radical (unpaired) electrons. The molecule has 4 nitrogen and oxygen atoms in total. The highest BCUT2D eigenvalue weighted by Gasteiger charge is 2.33. The Bertz CT molecular complexity index is 713. The van der Waals surface area contributed by atoms with Crippen LogP contribution < -0.4 is 0 Å². The lowest BCUT2D eigenvalue weighted by atomic mass is 9.90. The van der Waals surface area contributed by atoms with Crippen LogP contribution in [0.15, 0.2) is 41.1 Å². The molecule has 25 heavy (non-hydrogen) atoms. The molecule has 1 unspecified atom stereocenters. The summed E-state index contributed by atoms with van der Waals surface area (Å²) in [5.74, 6) is 0.0000301. The number of carbonyl (C=O) groups is 1. The highest BCUT2D eigenvalue weighted by Crippen LogP contribution is 2.33. The van der Waals surface area contributed by atoms with Gasteiger partial charge in [-0.3, -0.25) is 4.79 Å². The summed E-state index contributed by atoms with van der Waals surface area (Å²) in [6.07, 6.45) is -0.255. The minimum absolute atomic E-state index is 0.186. The van der Waals surface area contributed by atoms with Gasteiger partial charge in [-0.1, -0.05) is 23.4 Å². The molecule has 1 saturated heterocycles. The van der Waals surface area contributed by atoms with E-state index in [-0.39, 0.29) is 17.5 Å². The Hall–Kier alpha value is -2.31. The molecule has 1 aromatic carbocycles. The van der Waals surface area contributed by atoms with Crippen LogP contribution in [0, 0.1) is 5.92 Å². The van der Waals surface area contributed by atoms with Crippen molar-refractivity contribution in [2.24, 2.45) is 5.92 Å². The largest absolute Gasteiger partial charge is 0.416 e. The van der Waals surface area contributed by atoms with Crippen molar-refractivity contribution in [3.63, 3.8) is 0 Å². The Balaban J connectivity index is 1.62. The summed E-state index contributed by atoms with van der Waals surface area (Å²) in [6.45, 7) is 1.18. The Morgan fingerprint density at radius 3 is 2.80 bits per heavy atom. The normalized spacial score (nSPS) is 18.4. The molecule has 0 saturated carbocycles. The van der Waals surface area contributed by atoms with Crippen molar-refractivity contribution in [3.8, 4) is 0 Å². The number of piperidine rings is 1. The van der Waals surface area contributed by atoms with Crippen LogP contribution in [-0.2, 0) is 12.6 Å². The number of carbonyl (C=O) groups excluding carboxylic acids is 1. The summed E-state index contributed by atoms with van der Waals surface area (Å²) in [5, 5.41) is 3.66. The number of nitrogens with zero attached hydrogens (tertiary/aromatic N) is 2. The van der Waals surface area contributed by atoms with Crippen LogP contribution in [0.5, 0.6) is 0 Å². The summed E-state index contributed by atoms with van der Waals surface area (Å²) in [5.41, 5.74) is 0.0133. The SMILES string of the molecule is O=C(c1ccon1)N1CCCC(CCc2ccccc2C(F)(F)F)C1. The molecule has 1 aromatic heterocycles. The number of aromatic nitrogens is 1. The predicted octanol–water partition coefficient (Wildman–Crippen LogP) is 4.18. The van der Waals surface area contributed by atoms with E-state index in [4.69, 9.17) is 4.52 Å². The molecule has 1 fully saturated rings. The number of benzene rings is 1. The Morgan fingerprint density at radius 1 is 1.28 bits per heavy atom. The summed E-state index contributed by atoms with van der Waals surface area (Å²) >= 11 is 0. The number of aryl methyl sites for hydroxylation is 1. The zero-order valence-corrected chi connectivity index (χ0v) is 13.6. The molecule has 1 aliphatic rings. The molecule has 0 aliphatic carbocycles. The van der Waals surface area contributed by atoms with Gasteiger partial charge in [-0.25, -0.2) is 0 Å². The predicted molar refractivity (Wildman–Crippen MR) is 84.9 cm³/mol. The smallest absolute Gasteiger partial charge is 0.364 e. The molecule has 134 valence electrons. The van der Waals surface area contributed by atoms with E-state index in [1.54, 1.807) is 11.0 Å². The van der Waals surface area contributed by atoms with Crippen molar-refractivity contribution >= 4 is 5.91 Å². The van der Waals surface area contributed by atoms with Crippen molar-refractivity contribution in [1.82, 2.24) is 10.1 Å². The highest BCUT2D eigenvalue weighted by molar-refractivity contribution is 5.92. The number of likely N-dealkylation sites (tertiary alicyclic amines) is 1. The van der Waals surface area contributed by atoms with Crippen LogP contribution in [0.2, 0.25) is 0 Å². The fourth-order valence-electron chi connectivity index (χ4n) is 3.34. The molecular formula is C18H19F3N2O2. The van der Waals surface area contributed by atoms with E-state index in [9.17, 15) is 18.0 Å². The minimum Gasteiger partial charge on any atom is -0.364 e. The van der Waals surface area contributed by atoms with Crippen molar-refractivity contribution in [1.29, 1.82) is 0 Å². The van der Waals surface area contributed by atoms with E-state index in [2.05, 4.69) is 5.16 Å². The molecule has 0 N–H and O–H groups in total. The first-order valence-corrected chi connectivity index (χ1v) is 8.30. The van der Waals surface area contributed by atoms with Crippen LogP contribution in [0.3, 0.4) is 0 Å². The zero-order valence-electron chi connectivity index (χ0n) is 13.6. The maximum Gasteiger partial charge on any atom is 0.416 e. The van der Waals surface area contributed by atoms with Gasteiger partial charge in [-0.2, -0.15) is 13.2 Å². The average Bonchev–Trinajstić information content (AvgIpc) is 3.13. The van der Waals surface area contributed by atoms with E-state index < -0.39 is 11.7 Å². The third-order valence-corrected chi connectivity index (χ3v) is 4.61. The molecule has 2 heterocycles. The molecule has 0 spiro atoms. The highest BCUT2D eigenvalue weighted by atomic mass is 19.4. The summed E-state index contributed by atoms with van der Waals surface area (Å²) in [4.78, 5) is 14.0. The second-order valence-electron chi connectivity index (χ2n) is 6.34. The quantitative estimate of drug-likeness (QED) is 0.829. The third kappa shape index (κ3) is 4.21. The first-order chi connectivity index (χ1) is 11.9. The maximum atomic E-state index is 13.1. The molecule has 7 heteroatoms. The number of rotatable bonds is 4. The van der Waals surface area contributed by atoms with E-state index in [0.717, 1.165) is 18.9 Å². The van der Waals surface area contributed by atoms with Gasteiger partial charge in [-0.05, 0) is 43.2 Å². The molecule has 0 bridgehead atoms. The average molecular weight is 352 g/mol. The van der Waals surface area contributed by atoms with Gasteiger partial charge in [0.15, 0.2) is 5.69 Å². The van der Waals surface area contributed by atoms with Crippen molar-refractivity contribution in [2.45, 2.75) is 31.9 Å². The lowest BCUT2D eigenvalue weighted by molar-refractivity contribution is -0.138. The van der Waals surface area contributed by atoms with Gasteiger partial charge in [0.2, 0.25) is 0 Å². The molecule has 1 amide bonds. The molecule has 1 atom stereocenters. The van der Waals surface area contributed by atoms with Gasteiger partial charge in [-0.15, -0.1) is 0 Å². The standard InChI is InChI=1S/C18H19F3N2O2/c19-18(20,21)15-6-2-1-5-14(15)8-7-13-4-3-10-23(12-13)17(24)16-9-11-25-22-16/h1-2,5-6,9,11,13H,3-4,7-8,10,12H2. The van der Waals surface area contributed by atoms with E-state index in [1.807, 2.05) is 0 Å². The first kappa shape index (κ1) is 17.5. The monoisotopic (exact) mass is 352 g/mol. The van der Waals surface area contributed by atoms with Crippen molar-refractivity contribution < 1.29 is 22.5 Å². The fourth-order valence-corrected chi connectivity index (χ4v) is 3.34. The summed E-state index contributed by atoms with van der Waals surface area (Å²) in [6, 6.07) is 7.21. The Kier molecular flexibility index (Phi) is 5.11. The Labute approximate surface area is 143 Å². The van der Waals surface area contributed by atoms with Crippen molar-refractivity contribution in [2.75, 3.05) is 13.1 Å². The van der Waals surface area contributed by atoms with Gasteiger partial charge in [0.25, 0.3) is 5.91 Å². The fraction of sp³-hybridized carbons (Fsp3) is 0.444. The van der Waals surface area contributed by atoms with Crippen LogP contribution >= 0.6 is 0 Å². The molecule has 2 aromatic rings.